The quantitative estimate of drug-likeness (QED) is 0.916. The van der Waals surface area contributed by atoms with Gasteiger partial charge in [0.15, 0.2) is 5.54 Å². The zero-order valence-electron chi connectivity index (χ0n) is 14.2. The summed E-state index contributed by atoms with van der Waals surface area (Å²) >= 11 is 0. The highest BCUT2D eigenvalue weighted by molar-refractivity contribution is 5.55. The molecule has 2 aromatic heterocycles. The number of hydrogen-bond acceptors (Lipinski definition) is 5. The number of nitrogens with one attached hydrogen (secondary N) is 1. The minimum Gasteiger partial charge on any atom is -0.489 e. The number of alkyl halides is 3. The van der Waals surface area contributed by atoms with E-state index < -0.39 is 18.3 Å². The zero-order valence-corrected chi connectivity index (χ0v) is 14.2. The molecule has 0 spiro atoms. The topological polar surface area (TPSA) is 59.9 Å². The van der Waals surface area contributed by atoms with Crippen LogP contribution in [0.1, 0.15) is 24.9 Å². The van der Waals surface area contributed by atoms with E-state index in [0.29, 0.717) is 28.7 Å². The molecule has 5 nitrogen and oxygen atoms in total. The minimum atomic E-state index is -4.36. The number of hydrogen-bond donors (Lipinski definition) is 1. The summed E-state index contributed by atoms with van der Waals surface area (Å²) in [6, 6.07) is 4.86. The lowest BCUT2D eigenvalue weighted by atomic mass is 9.82. The van der Waals surface area contributed by atoms with Crippen molar-refractivity contribution in [3.63, 3.8) is 0 Å². The maximum atomic E-state index is 13.3. The minimum absolute atomic E-state index is 0.00126. The van der Waals surface area contributed by atoms with Crippen molar-refractivity contribution in [3.05, 3.63) is 35.9 Å². The second-order valence-electron chi connectivity index (χ2n) is 6.39. The summed E-state index contributed by atoms with van der Waals surface area (Å²) in [5, 5.41) is 2.54. The van der Waals surface area contributed by atoms with Crippen LogP contribution in [0, 0.1) is 13.8 Å². The number of nitrogens with zero attached hydrogens (tertiary/aromatic N) is 3. The number of aromatic nitrogens is 3. The molecule has 3 rings (SSSR count). The third-order valence-corrected chi connectivity index (χ3v) is 4.27. The molecule has 0 bridgehead atoms. The van der Waals surface area contributed by atoms with Gasteiger partial charge in [-0.3, -0.25) is 5.32 Å². The summed E-state index contributed by atoms with van der Waals surface area (Å²) < 4.78 is 45.3. The van der Waals surface area contributed by atoms with Crippen LogP contribution in [-0.4, -0.2) is 39.3 Å². The highest BCUT2D eigenvalue weighted by atomic mass is 19.4. The summed E-state index contributed by atoms with van der Waals surface area (Å²) in [4.78, 5) is 12.7. The SMILES string of the molecule is Cc1nccc(-c2ccc(OCC3(C(F)(F)F)CC(C)N3)c(C)n2)n1. The van der Waals surface area contributed by atoms with Gasteiger partial charge in [-0.05, 0) is 45.4 Å². The van der Waals surface area contributed by atoms with Gasteiger partial charge in [0.1, 0.15) is 18.2 Å². The summed E-state index contributed by atoms with van der Waals surface area (Å²) in [5.74, 6) is 0.953. The Morgan fingerprint density at radius 3 is 2.44 bits per heavy atom. The van der Waals surface area contributed by atoms with E-state index in [1.165, 1.54) is 0 Å². The maximum absolute atomic E-state index is 13.3. The molecule has 0 radical (unpaired) electrons. The molecule has 25 heavy (non-hydrogen) atoms. The summed E-state index contributed by atoms with van der Waals surface area (Å²) in [7, 11) is 0. The Labute approximate surface area is 143 Å². The smallest absolute Gasteiger partial charge is 0.409 e. The second kappa shape index (κ2) is 6.25. The van der Waals surface area contributed by atoms with E-state index in [1.54, 1.807) is 45.2 Å². The predicted octanol–water partition coefficient (Wildman–Crippen LogP) is 3.22. The molecule has 0 saturated carbocycles. The molecule has 1 fully saturated rings. The Morgan fingerprint density at radius 1 is 1.20 bits per heavy atom. The Morgan fingerprint density at radius 2 is 1.88 bits per heavy atom. The van der Waals surface area contributed by atoms with Crippen molar-refractivity contribution in [1.82, 2.24) is 20.3 Å². The summed E-state index contributed by atoms with van der Waals surface area (Å²) in [6.45, 7) is 4.71. The first-order chi connectivity index (χ1) is 11.7. The van der Waals surface area contributed by atoms with E-state index in [2.05, 4.69) is 20.3 Å². The fraction of sp³-hybridized carbons (Fsp3) is 0.471. The highest BCUT2D eigenvalue weighted by Crippen LogP contribution is 2.40. The molecule has 0 amide bonds. The molecule has 2 atom stereocenters. The normalized spacial score (nSPS) is 23.2. The van der Waals surface area contributed by atoms with E-state index in [9.17, 15) is 13.2 Å². The Bertz CT molecular complexity index is 773. The maximum Gasteiger partial charge on any atom is 0.409 e. The van der Waals surface area contributed by atoms with Crippen molar-refractivity contribution >= 4 is 0 Å². The first kappa shape index (κ1) is 17.6. The van der Waals surface area contributed by atoms with Crippen molar-refractivity contribution < 1.29 is 17.9 Å². The van der Waals surface area contributed by atoms with Crippen LogP contribution < -0.4 is 10.1 Å². The standard InChI is InChI=1S/C17H19F3N4O/c1-10-8-16(24-10,17(18,19)20)9-25-15-5-4-13(22-11(15)2)14-6-7-21-12(3)23-14/h4-7,10,24H,8-9H2,1-3H3. The predicted molar refractivity (Wildman–Crippen MR) is 86.2 cm³/mol. The molecule has 2 aromatic rings. The molecule has 1 N–H and O–H groups in total. The van der Waals surface area contributed by atoms with Crippen molar-refractivity contribution in [2.45, 2.75) is 44.9 Å². The third kappa shape index (κ3) is 3.44. The van der Waals surface area contributed by atoms with Gasteiger partial charge in [0.25, 0.3) is 0 Å². The van der Waals surface area contributed by atoms with Crippen LogP contribution in [0.5, 0.6) is 5.75 Å². The lowest BCUT2D eigenvalue weighted by molar-refractivity contribution is -0.232. The molecule has 134 valence electrons. The van der Waals surface area contributed by atoms with Crippen molar-refractivity contribution in [1.29, 1.82) is 0 Å². The van der Waals surface area contributed by atoms with Crippen LogP contribution in [0.2, 0.25) is 0 Å². The van der Waals surface area contributed by atoms with E-state index >= 15 is 0 Å². The fourth-order valence-electron chi connectivity index (χ4n) is 3.00. The Kier molecular flexibility index (Phi) is 4.40. The first-order valence-electron chi connectivity index (χ1n) is 7.95. The van der Waals surface area contributed by atoms with Gasteiger partial charge in [0, 0.05) is 12.2 Å². The van der Waals surface area contributed by atoms with Crippen LogP contribution in [0.15, 0.2) is 24.4 Å². The highest BCUT2D eigenvalue weighted by Gasteiger charge is 2.61. The molecule has 8 heteroatoms. The molecule has 1 saturated heterocycles. The fourth-order valence-corrected chi connectivity index (χ4v) is 3.00. The average Bonchev–Trinajstić information content (AvgIpc) is 2.50. The van der Waals surface area contributed by atoms with Gasteiger partial charge < -0.3 is 4.74 Å². The molecule has 2 unspecified atom stereocenters. The van der Waals surface area contributed by atoms with Gasteiger partial charge >= 0.3 is 6.18 Å². The molecule has 0 aliphatic carbocycles. The van der Waals surface area contributed by atoms with Gasteiger partial charge in [0.2, 0.25) is 0 Å². The van der Waals surface area contributed by atoms with Gasteiger partial charge in [0.05, 0.1) is 17.1 Å². The average molecular weight is 352 g/mol. The van der Waals surface area contributed by atoms with Crippen molar-refractivity contribution in [3.8, 4) is 17.1 Å². The van der Waals surface area contributed by atoms with Gasteiger partial charge in [-0.15, -0.1) is 0 Å². The molecule has 1 aliphatic heterocycles. The van der Waals surface area contributed by atoms with Gasteiger partial charge in [-0.2, -0.15) is 13.2 Å². The summed E-state index contributed by atoms with van der Waals surface area (Å²) in [6.07, 6.45) is -2.73. The third-order valence-electron chi connectivity index (χ3n) is 4.27. The van der Waals surface area contributed by atoms with E-state index in [-0.39, 0.29) is 12.5 Å². The zero-order chi connectivity index (χ0) is 18.2. The number of halogens is 3. The van der Waals surface area contributed by atoms with E-state index in [4.69, 9.17) is 4.74 Å². The van der Waals surface area contributed by atoms with Gasteiger partial charge in [-0.1, -0.05) is 0 Å². The van der Waals surface area contributed by atoms with Crippen LogP contribution in [0.4, 0.5) is 13.2 Å². The molecular formula is C17H19F3N4O. The molecule has 1 aliphatic rings. The number of ether oxygens (including phenoxy) is 1. The van der Waals surface area contributed by atoms with Crippen LogP contribution in [0.3, 0.4) is 0 Å². The lowest BCUT2D eigenvalue weighted by Crippen LogP contribution is -2.72. The monoisotopic (exact) mass is 352 g/mol. The van der Waals surface area contributed by atoms with E-state index in [1.807, 2.05) is 0 Å². The Hall–Kier alpha value is -2.22. The van der Waals surface area contributed by atoms with Crippen LogP contribution in [-0.2, 0) is 0 Å². The number of rotatable bonds is 4. The molecule has 0 aromatic carbocycles. The van der Waals surface area contributed by atoms with E-state index in [0.717, 1.165) is 0 Å². The summed E-state index contributed by atoms with van der Waals surface area (Å²) in [5.41, 5.74) is -0.195. The Balaban J connectivity index is 1.76. The van der Waals surface area contributed by atoms with Crippen molar-refractivity contribution in [2.24, 2.45) is 0 Å². The van der Waals surface area contributed by atoms with Gasteiger partial charge in [-0.25, -0.2) is 15.0 Å². The first-order valence-corrected chi connectivity index (χ1v) is 7.95. The van der Waals surface area contributed by atoms with Crippen LogP contribution in [0.25, 0.3) is 11.4 Å². The van der Waals surface area contributed by atoms with Crippen LogP contribution >= 0.6 is 0 Å². The number of aryl methyl sites for hydroxylation is 2. The largest absolute Gasteiger partial charge is 0.489 e. The second-order valence-corrected chi connectivity index (χ2v) is 6.39. The number of pyridine rings is 1. The molecule has 3 heterocycles. The van der Waals surface area contributed by atoms with Crippen molar-refractivity contribution in [2.75, 3.05) is 6.61 Å². The molecular weight excluding hydrogens is 333 g/mol. The lowest BCUT2D eigenvalue weighted by Gasteiger charge is -2.48.